The number of aromatic amines is 2. The number of rotatable bonds is 6. The Bertz CT molecular complexity index is 1250. The monoisotopic (exact) mass is 488 g/mol. The van der Waals surface area contributed by atoms with Crippen LogP contribution in [0.1, 0.15) is 98.4 Å². The van der Waals surface area contributed by atoms with Gasteiger partial charge in [-0.2, -0.15) is 0 Å². The first-order chi connectivity index (χ1) is 17.6. The van der Waals surface area contributed by atoms with E-state index in [0.717, 1.165) is 51.8 Å². The minimum absolute atomic E-state index is 0.0470. The van der Waals surface area contributed by atoms with Crippen molar-refractivity contribution < 1.29 is 14.3 Å². The summed E-state index contributed by atoms with van der Waals surface area (Å²) in [6, 6.07) is 5.42. The standard InChI is InChI=1S/C29H36N4O3/c1-35-28(34)21-7-8-22-23(12-21)31-27(30-22)25-24(32-26(33-25)20-5-3-2-4-6-20)16-36-29-13-17-9-18(14-29)11-19(10-17)15-29/h7-8,12,17-20H,2-6,9-11,13-16H2,1H3,(H,30,31)(H,32,33). The van der Waals surface area contributed by atoms with Gasteiger partial charge in [-0.1, -0.05) is 19.3 Å². The van der Waals surface area contributed by atoms with E-state index in [2.05, 4.69) is 9.97 Å². The minimum atomic E-state index is -0.350. The summed E-state index contributed by atoms with van der Waals surface area (Å²) >= 11 is 0. The van der Waals surface area contributed by atoms with Crippen molar-refractivity contribution in [3.05, 3.63) is 35.3 Å². The van der Waals surface area contributed by atoms with Gasteiger partial charge in [0.2, 0.25) is 0 Å². The number of ether oxygens (including phenoxy) is 2. The molecule has 190 valence electrons. The van der Waals surface area contributed by atoms with Crippen LogP contribution in [0.5, 0.6) is 0 Å². The SMILES string of the molecule is COC(=O)c1ccc2nc(-c3nc(C4CCCCC4)[nH]c3COC34CC5CC(CC(C5)C3)C4)[nH]c2c1. The lowest BCUT2D eigenvalue weighted by Gasteiger charge is -2.56. The van der Waals surface area contributed by atoms with Crippen molar-refractivity contribution in [2.45, 2.75) is 88.8 Å². The van der Waals surface area contributed by atoms with Crippen LogP contribution < -0.4 is 0 Å². The highest BCUT2D eigenvalue weighted by molar-refractivity contribution is 5.94. The van der Waals surface area contributed by atoms with Crippen molar-refractivity contribution in [2.75, 3.05) is 7.11 Å². The Labute approximate surface area is 211 Å². The molecule has 0 radical (unpaired) electrons. The number of benzene rings is 1. The Morgan fingerprint density at radius 1 is 1.00 bits per heavy atom. The fourth-order valence-electron chi connectivity index (χ4n) is 8.10. The number of carbonyl (C=O) groups excluding carboxylic acids is 1. The summed E-state index contributed by atoms with van der Waals surface area (Å²) in [6.45, 7) is 0.547. The molecule has 2 aromatic heterocycles. The van der Waals surface area contributed by atoms with Crippen LogP contribution in [0.3, 0.4) is 0 Å². The van der Waals surface area contributed by atoms with Gasteiger partial charge in [-0.15, -0.1) is 0 Å². The first-order valence-electron chi connectivity index (χ1n) is 13.9. The van der Waals surface area contributed by atoms with E-state index in [-0.39, 0.29) is 11.6 Å². The normalized spacial score (nSPS) is 29.8. The molecule has 0 aliphatic heterocycles. The third-order valence-corrected chi connectivity index (χ3v) is 9.42. The second-order valence-corrected chi connectivity index (χ2v) is 12.0. The fraction of sp³-hybridized carbons (Fsp3) is 0.621. The van der Waals surface area contributed by atoms with Crippen LogP contribution in [0.4, 0.5) is 0 Å². The van der Waals surface area contributed by atoms with Gasteiger partial charge in [-0.25, -0.2) is 14.8 Å². The number of hydrogen-bond donors (Lipinski definition) is 2. The Kier molecular flexibility index (Phi) is 5.45. The number of methoxy groups -OCH3 is 1. The summed E-state index contributed by atoms with van der Waals surface area (Å²) in [5, 5.41) is 0. The van der Waals surface area contributed by atoms with E-state index in [1.807, 2.05) is 6.07 Å². The van der Waals surface area contributed by atoms with Crippen molar-refractivity contribution in [2.24, 2.45) is 17.8 Å². The van der Waals surface area contributed by atoms with Crippen molar-refractivity contribution in [1.82, 2.24) is 19.9 Å². The van der Waals surface area contributed by atoms with Crippen molar-refractivity contribution in [3.63, 3.8) is 0 Å². The quantitative estimate of drug-likeness (QED) is 0.399. The molecule has 5 aliphatic rings. The van der Waals surface area contributed by atoms with E-state index in [9.17, 15) is 4.79 Å². The molecule has 2 N–H and O–H groups in total. The van der Waals surface area contributed by atoms with Gasteiger partial charge in [0.25, 0.3) is 0 Å². The summed E-state index contributed by atoms with van der Waals surface area (Å²) in [5.74, 6) is 4.50. The molecule has 36 heavy (non-hydrogen) atoms. The molecule has 1 aromatic carbocycles. The molecule has 5 aliphatic carbocycles. The Morgan fingerprint density at radius 2 is 1.72 bits per heavy atom. The molecular weight excluding hydrogens is 452 g/mol. The van der Waals surface area contributed by atoms with E-state index in [1.165, 1.54) is 77.7 Å². The number of fused-ring (bicyclic) bond motifs is 1. The van der Waals surface area contributed by atoms with Crippen molar-refractivity contribution in [3.8, 4) is 11.5 Å². The third-order valence-electron chi connectivity index (χ3n) is 9.42. The van der Waals surface area contributed by atoms with Crippen LogP contribution in [0.25, 0.3) is 22.6 Å². The highest BCUT2D eigenvalue weighted by atomic mass is 16.5. The van der Waals surface area contributed by atoms with Gasteiger partial charge in [-0.05, 0) is 87.3 Å². The summed E-state index contributed by atoms with van der Waals surface area (Å²) < 4.78 is 11.7. The summed E-state index contributed by atoms with van der Waals surface area (Å²) in [7, 11) is 1.40. The molecule has 2 heterocycles. The zero-order chi connectivity index (χ0) is 24.3. The molecule has 3 aromatic rings. The average molecular weight is 489 g/mol. The van der Waals surface area contributed by atoms with Crippen molar-refractivity contribution in [1.29, 1.82) is 0 Å². The largest absolute Gasteiger partial charge is 0.465 e. The number of imidazole rings is 2. The Balaban J connectivity index is 1.21. The predicted octanol–water partition coefficient (Wildman–Crippen LogP) is 6.27. The molecule has 4 bridgehead atoms. The van der Waals surface area contributed by atoms with E-state index in [1.54, 1.807) is 12.1 Å². The molecule has 0 saturated heterocycles. The van der Waals surface area contributed by atoms with Gasteiger partial charge in [0.1, 0.15) is 11.5 Å². The summed E-state index contributed by atoms with van der Waals surface area (Å²) in [5.41, 5.74) is 4.06. The van der Waals surface area contributed by atoms with E-state index in [0.29, 0.717) is 18.1 Å². The second-order valence-electron chi connectivity index (χ2n) is 12.0. The topological polar surface area (TPSA) is 92.9 Å². The van der Waals surface area contributed by atoms with E-state index in [4.69, 9.17) is 19.4 Å². The average Bonchev–Trinajstić information content (AvgIpc) is 3.50. The number of nitrogens with one attached hydrogen (secondary N) is 2. The van der Waals surface area contributed by atoms with Crippen LogP contribution in [0.2, 0.25) is 0 Å². The van der Waals surface area contributed by atoms with Gasteiger partial charge in [-0.3, -0.25) is 0 Å². The Morgan fingerprint density at radius 3 is 2.42 bits per heavy atom. The molecule has 8 rings (SSSR count). The van der Waals surface area contributed by atoms with Gasteiger partial charge < -0.3 is 19.4 Å². The van der Waals surface area contributed by atoms with Crippen LogP contribution in [0, 0.1) is 17.8 Å². The maximum absolute atomic E-state index is 12.0. The molecule has 7 heteroatoms. The highest BCUT2D eigenvalue weighted by Crippen LogP contribution is 2.57. The van der Waals surface area contributed by atoms with Gasteiger partial charge in [0.15, 0.2) is 5.82 Å². The smallest absolute Gasteiger partial charge is 0.337 e. The molecule has 0 amide bonds. The van der Waals surface area contributed by atoms with Crippen LogP contribution >= 0.6 is 0 Å². The molecule has 0 unspecified atom stereocenters. The van der Waals surface area contributed by atoms with Crippen LogP contribution in [-0.2, 0) is 16.1 Å². The maximum Gasteiger partial charge on any atom is 0.337 e. The maximum atomic E-state index is 12.0. The Hall–Kier alpha value is -2.67. The number of nitrogens with zero attached hydrogens (tertiary/aromatic N) is 2. The number of hydrogen-bond acceptors (Lipinski definition) is 5. The van der Waals surface area contributed by atoms with E-state index >= 15 is 0 Å². The lowest BCUT2D eigenvalue weighted by atomic mass is 9.54. The number of esters is 1. The number of H-pyrrole nitrogens is 2. The second kappa shape index (κ2) is 8.72. The third kappa shape index (κ3) is 3.96. The van der Waals surface area contributed by atoms with Gasteiger partial charge >= 0.3 is 5.97 Å². The van der Waals surface area contributed by atoms with Gasteiger partial charge in [0.05, 0.1) is 41.6 Å². The lowest BCUT2D eigenvalue weighted by Crippen LogP contribution is -2.51. The molecule has 0 spiro atoms. The number of carbonyl (C=O) groups is 1. The molecule has 7 nitrogen and oxygen atoms in total. The molecular formula is C29H36N4O3. The zero-order valence-corrected chi connectivity index (χ0v) is 21.1. The summed E-state index contributed by atoms with van der Waals surface area (Å²) in [6.07, 6.45) is 14.1. The van der Waals surface area contributed by atoms with E-state index < -0.39 is 0 Å². The zero-order valence-electron chi connectivity index (χ0n) is 21.1. The highest BCUT2D eigenvalue weighted by Gasteiger charge is 2.51. The van der Waals surface area contributed by atoms with Crippen molar-refractivity contribution >= 4 is 17.0 Å². The lowest BCUT2D eigenvalue weighted by molar-refractivity contribution is -0.169. The summed E-state index contributed by atoms with van der Waals surface area (Å²) in [4.78, 5) is 29.1. The molecule has 5 fully saturated rings. The fourth-order valence-corrected chi connectivity index (χ4v) is 8.10. The van der Waals surface area contributed by atoms with Gasteiger partial charge in [0, 0.05) is 5.92 Å². The molecule has 5 saturated carbocycles. The van der Waals surface area contributed by atoms with Crippen LogP contribution in [0.15, 0.2) is 18.2 Å². The number of aromatic nitrogens is 4. The predicted molar refractivity (Wildman–Crippen MR) is 137 cm³/mol. The first-order valence-corrected chi connectivity index (χ1v) is 13.9. The minimum Gasteiger partial charge on any atom is -0.465 e. The first kappa shape index (κ1) is 22.5. The molecule has 0 atom stereocenters. The van der Waals surface area contributed by atoms with Crippen LogP contribution in [-0.4, -0.2) is 38.6 Å².